The Balaban J connectivity index is 2.19. The number of ether oxygens (including phenoxy) is 1. The molecule has 1 heterocycles. The summed E-state index contributed by atoms with van der Waals surface area (Å²) in [5.74, 6) is 5.03. The SMILES string of the molecule is N#Cc1cc(COc2cc(F)ccc2C#CCO)ccn1. The number of aliphatic hydroxyl groups excluding tert-OH is 1. The van der Waals surface area contributed by atoms with Crippen LogP contribution in [0.1, 0.15) is 16.8 Å². The van der Waals surface area contributed by atoms with Gasteiger partial charge in [0.1, 0.15) is 36.5 Å². The summed E-state index contributed by atoms with van der Waals surface area (Å²) in [7, 11) is 0. The van der Waals surface area contributed by atoms with E-state index in [0.29, 0.717) is 5.56 Å². The minimum atomic E-state index is -0.438. The van der Waals surface area contributed by atoms with Crippen molar-refractivity contribution in [3.63, 3.8) is 0 Å². The lowest BCUT2D eigenvalue weighted by Crippen LogP contribution is -1.99. The van der Waals surface area contributed by atoms with Gasteiger partial charge in [0.2, 0.25) is 0 Å². The molecule has 4 nitrogen and oxygen atoms in total. The molecule has 0 aliphatic rings. The maximum Gasteiger partial charge on any atom is 0.140 e. The van der Waals surface area contributed by atoms with Crippen molar-refractivity contribution in [1.29, 1.82) is 5.26 Å². The van der Waals surface area contributed by atoms with Gasteiger partial charge in [0.05, 0.1) is 5.56 Å². The molecule has 0 spiro atoms. The summed E-state index contributed by atoms with van der Waals surface area (Å²) in [5, 5.41) is 17.5. The first-order valence-electron chi connectivity index (χ1n) is 6.10. The molecule has 104 valence electrons. The molecule has 5 heteroatoms. The molecule has 0 atom stereocenters. The van der Waals surface area contributed by atoms with Gasteiger partial charge < -0.3 is 9.84 Å². The summed E-state index contributed by atoms with van der Waals surface area (Å²) < 4.78 is 18.8. The van der Waals surface area contributed by atoms with Crippen LogP contribution < -0.4 is 4.74 Å². The van der Waals surface area contributed by atoms with E-state index in [9.17, 15) is 4.39 Å². The molecule has 0 unspecified atom stereocenters. The molecule has 0 saturated carbocycles. The van der Waals surface area contributed by atoms with Gasteiger partial charge in [-0.25, -0.2) is 9.37 Å². The van der Waals surface area contributed by atoms with Gasteiger partial charge in [0.25, 0.3) is 0 Å². The predicted molar refractivity (Wildman–Crippen MR) is 73.6 cm³/mol. The topological polar surface area (TPSA) is 66.1 Å². The average Bonchev–Trinajstić information content (AvgIpc) is 2.52. The van der Waals surface area contributed by atoms with Crippen LogP contribution in [-0.4, -0.2) is 16.7 Å². The lowest BCUT2D eigenvalue weighted by Gasteiger charge is -2.08. The van der Waals surface area contributed by atoms with Gasteiger partial charge in [0, 0.05) is 12.3 Å². The standard InChI is InChI=1S/C16H11FN2O2/c17-14-4-3-13(2-1-7-20)16(9-14)21-11-12-5-6-19-15(8-12)10-18/h3-6,8-9,20H,7,11H2. The summed E-state index contributed by atoms with van der Waals surface area (Å²) >= 11 is 0. The van der Waals surface area contributed by atoms with E-state index in [4.69, 9.17) is 15.1 Å². The van der Waals surface area contributed by atoms with Gasteiger partial charge in [-0.15, -0.1) is 0 Å². The molecular weight excluding hydrogens is 271 g/mol. The summed E-state index contributed by atoms with van der Waals surface area (Å²) in [6.45, 7) is -0.124. The third kappa shape index (κ3) is 4.04. The van der Waals surface area contributed by atoms with Crippen LogP contribution in [0.4, 0.5) is 4.39 Å². The first kappa shape index (κ1) is 14.5. The molecule has 1 N–H and O–H groups in total. The van der Waals surface area contributed by atoms with Crippen LogP contribution in [0.25, 0.3) is 0 Å². The second kappa shape index (κ2) is 7.04. The number of aliphatic hydroxyl groups is 1. The number of rotatable bonds is 3. The Hall–Kier alpha value is -2.89. The Morgan fingerprint density at radius 1 is 1.29 bits per heavy atom. The van der Waals surface area contributed by atoms with Crippen molar-refractivity contribution < 1.29 is 14.2 Å². The van der Waals surface area contributed by atoms with Crippen LogP contribution in [0.5, 0.6) is 5.75 Å². The van der Waals surface area contributed by atoms with Crippen LogP contribution in [0, 0.1) is 29.0 Å². The van der Waals surface area contributed by atoms with Gasteiger partial charge in [-0.05, 0) is 29.8 Å². The summed E-state index contributed by atoms with van der Waals surface area (Å²) in [6, 6.07) is 9.23. The molecule has 0 aliphatic heterocycles. The van der Waals surface area contributed by atoms with Crippen molar-refractivity contribution in [2.45, 2.75) is 6.61 Å². The second-order valence-corrected chi connectivity index (χ2v) is 4.05. The molecule has 2 rings (SSSR count). The fourth-order valence-electron chi connectivity index (χ4n) is 1.64. The Morgan fingerprint density at radius 3 is 2.90 bits per heavy atom. The molecule has 1 aromatic heterocycles. The van der Waals surface area contributed by atoms with Crippen molar-refractivity contribution in [1.82, 2.24) is 4.98 Å². The van der Waals surface area contributed by atoms with E-state index in [-0.39, 0.29) is 24.7 Å². The van der Waals surface area contributed by atoms with Crippen molar-refractivity contribution >= 4 is 0 Å². The van der Waals surface area contributed by atoms with Crippen LogP contribution >= 0.6 is 0 Å². The number of nitrogens with zero attached hydrogens (tertiary/aromatic N) is 2. The van der Waals surface area contributed by atoms with Crippen LogP contribution in [-0.2, 0) is 6.61 Å². The fourth-order valence-corrected chi connectivity index (χ4v) is 1.64. The van der Waals surface area contributed by atoms with Crippen molar-refractivity contribution in [3.05, 3.63) is 59.2 Å². The monoisotopic (exact) mass is 282 g/mol. The lowest BCUT2D eigenvalue weighted by molar-refractivity contribution is 0.303. The van der Waals surface area contributed by atoms with Crippen LogP contribution in [0.15, 0.2) is 36.5 Å². The van der Waals surface area contributed by atoms with Crippen molar-refractivity contribution in [2.75, 3.05) is 6.61 Å². The molecule has 21 heavy (non-hydrogen) atoms. The average molecular weight is 282 g/mol. The minimum absolute atomic E-state index is 0.161. The summed E-state index contributed by atoms with van der Waals surface area (Å²) in [4.78, 5) is 3.86. The largest absolute Gasteiger partial charge is 0.487 e. The molecule has 0 amide bonds. The Kier molecular flexibility index (Phi) is 4.87. The van der Waals surface area contributed by atoms with Crippen molar-refractivity contribution in [2.24, 2.45) is 0 Å². The first-order valence-corrected chi connectivity index (χ1v) is 6.10. The molecule has 1 aromatic carbocycles. The normalized spacial score (nSPS) is 9.38. The smallest absolute Gasteiger partial charge is 0.140 e. The number of pyridine rings is 1. The summed E-state index contributed by atoms with van der Waals surface area (Å²) in [5.41, 5.74) is 1.52. The highest BCUT2D eigenvalue weighted by Crippen LogP contribution is 2.20. The van der Waals surface area contributed by atoms with Gasteiger partial charge in [-0.2, -0.15) is 5.26 Å². The molecule has 0 saturated heterocycles. The zero-order chi connectivity index (χ0) is 15.1. The summed E-state index contributed by atoms with van der Waals surface area (Å²) in [6.07, 6.45) is 1.51. The third-order valence-corrected chi connectivity index (χ3v) is 2.58. The number of nitriles is 1. The second-order valence-electron chi connectivity index (χ2n) is 4.05. The maximum absolute atomic E-state index is 13.3. The Morgan fingerprint density at radius 2 is 2.14 bits per heavy atom. The quantitative estimate of drug-likeness (QED) is 0.875. The Bertz CT molecular complexity index is 742. The van der Waals surface area contributed by atoms with Gasteiger partial charge in [-0.3, -0.25) is 0 Å². The van der Waals surface area contributed by atoms with Crippen molar-refractivity contribution in [3.8, 4) is 23.7 Å². The van der Waals surface area contributed by atoms with Crippen LogP contribution in [0.2, 0.25) is 0 Å². The van der Waals surface area contributed by atoms with Gasteiger partial charge in [-0.1, -0.05) is 11.8 Å². The number of benzene rings is 1. The molecule has 0 radical (unpaired) electrons. The van der Waals surface area contributed by atoms with Crippen LogP contribution in [0.3, 0.4) is 0 Å². The first-order chi connectivity index (χ1) is 10.2. The minimum Gasteiger partial charge on any atom is -0.487 e. The number of aromatic nitrogens is 1. The predicted octanol–water partition coefficient (Wildman–Crippen LogP) is 2.02. The lowest BCUT2D eigenvalue weighted by atomic mass is 10.2. The van der Waals surface area contributed by atoms with E-state index in [0.717, 1.165) is 5.56 Å². The van der Waals surface area contributed by atoms with E-state index in [1.54, 1.807) is 12.1 Å². The molecule has 0 aliphatic carbocycles. The van der Waals surface area contributed by atoms with E-state index < -0.39 is 5.82 Å². The zero-order valence-corrected chi connectivity index (χ0v) is 11.0. The maximum atomic E-state index is 13.3. The number of halogens is 1. The molecular formula is C16H11FN2O2. The number of hydrogen-bond acceptors (Lipinski definition) is 4. The van der Waals surface area contributed by atoms with Gasteiger partial charge >= 0.3 is 0 Å². The highest BCUT2D eigenvalue weighted by Gasteiger charge is 2.05. The van der Waals surface area contributed by atoms with Gasteiger partial charge in [0.15, 0.2) is 0 Å². The highest BCUT2D eigenvalue weighted by atomic mass is 19.1. The van der Waals surface area contributed by atoms with E-state index in [2.05, 4.69) is 16.8 Å². The fraction of sp³-hybridized carbons (Fsp3) is 0.125. The highest BCUT2D eigenvalue weighted by molar-refractivity contribution is 5.46. The zero-order valence-electron chi connectivity index (χ0n) is 11.0. The van der Waals surface area contributed by atoms with E-state index >= 15 is 0 Å². The molecule has 2 aromatic rings. The van der Waals surface area contributed by atoms with E-state index in [1.807, 2.05) is 6.07 Å². The molecule has 0 fully saturated rings. The van der Waals surface area contributed by atoms with E-state index in [1.165, 1.54) is 24.4 Å². The number of hydrogen-bond donors (Lipinski definition) is 1. The Labute approximate surface area is 121 Å². The molecule has 0 bridgehead atoms. The third-order valence-electron chi connectivity index (χ3n) is 2.58.